The van der Waals surface area contributed by atoms with Gasteiger partial charge in [0.15, 0.2) is 0 Å². The van der Waals surface area contributed by atoms with Crippen LogP contribution in [0.5, 0.6) is 0 Å². The summed E-state index contributed by atoms with van der Waals surface area (Å²) in [4.78, 5) is 24.2. The lowest BCUT2D eigenvalue weighted by Gasteiger charge is -2.44. The van der Waals surface area contributed by atoms with Gasteiger partial charge in [0, 0.05) is 18.5 Å². The van der Waals surface area contributed by atoms with E-state index in [0.29, 0.717) is 18.3 Å². The molecule has 4 unspecified atom stereocenters. The number of hydrogen-bond donors (Lipinski definition) is 2. The summed E-state index contributed by atoms with van der Waals surface area (Å²) in [5.41, 5.74) is 0.807. The van der Waals surface area contributed by atoms with Crippen molar-refractivity contribution in [3.8, 4) is 0 Å². The molecule has 3 rings (SSSR count). The number of amides is 2. The van der Waals surface area contributed by atoms with Gasteiger partial charge in [0.25, 0.3) is 0 Å². The molecule has 1 saturated heterocycles. The second-order valence-electron chi connectivity index (χ2n) is 7.47. The van der Waals surface area contributed by atoms with Crippen molar-refractivity contribution >= 4 is 11.8 Å². The van der Waals surface area contributed by atoms with Gasteiger partial charge in [-0.1, -0.05) is 25.5 Å². The fraction of sp³-hybridized carbons (Fsp3) is 0.600. The van der Waals surface area contributed by atoms with Gasteiger partial charge in [0.1, 0.15) is 5.82 Å². The van der Waals surface area contributed by atoms with Crippen LogP contribution in [-0.4, -0.2) is 23.9 Å². The first kappa shape index (κ1) is 17.9. The van der Waals surface area contributed by atoms with Gasteiger partial charge in [-0.15, -0.1) is 0 Å². The van der Waals surface area contributed by atoms with Crippen molar-refractivity contribution in [2.45, 2.75) is 64.0 Å². The van der Waals surface area contributed by atoms with E-state index in [1.807, 2.05) is 0 Å². The van der Waals surface area contributed by atoms with Crippen LogP contribution in [-0.2, 0) is 16.0 Å². The lowest BCUT2D eigenvalue weighted by atomic mass is 9.70. The summed E-state index contributed by atoms with van der Waals surface area (Å²) in [5, 5.41) is 6.23. The van der Waals surface area contributed by atoms with Crippen LogP contribution in [0.15, 0.2) is 24.3 Å². The fourth-order valence-corrected chi connectivity index (χ4v) is 4.46. The Labute approximate surface area is 148 Å². The molecular formula is C20H27FN2O2. The molecule has 0 spiro atoms. The third-order valence-electron chi connectivity index (χ3n) is 5.61. The minimum absolute atomic E-state index is 0.0395. The zero-order chi connectivity index (χ0) is 17.8. The number of halogens is 1. The van der Waals surface area contributed by atoms with Crippen LogP contribution in [0.1, 0.15) is 51.0 Å². The number of benzene rings is 1. The van der Waals surface area contributed by atoms with E-state index >= 15 is 0 Å². The molecule has 0 aromatic heterocycles. The summed E-state index contributed by atoms with van der Waals surface area (Å²) < 4.78 is 12.9. The van der Waals surface area contributed by atoms with Gasteiger partial charge < -0.3 is 10.6 Å². The monoisotopic (exact) mass is 346 g/mol. The maximum atomic E-state index is 12.9. The zero-order valence-electron chi connectivity index (χ0n) is 14.8. The van der Waals surface area contributed by atoms with Crippen molar-refractivity contribution in [1.82, 2.24) is 10.6 Å². The Morgan fingerprint density at radius 1 is 1.28 bits per heavy atom. The average molecular weight is 346 g/mol. The fourth-order valence-electron chi connectivity index (χ4n) is 4.46. The van der Waals surface area contributed by atoms with Crippen molar-refractivity contribution in [2.24, 2.45) is 11.8 Å². The molecule has 5 heteroatoms. The Bertz CT molecular complexity index is 617. The predicted octanol–water partition coefficient (Wildman–Crippen LogP) is 2.96. The number of rotatable bonds is 5. The highest BCUT2D eigenvalue weighted by Crippen LogP contribution is 2.37. The number of hydrogen-bond acceptors (Lipinski definition) is 2. The zero-order valence-corrected chi connectivity index (χ0v) is 14.8. The second-order valence-corrected chi connectivity index (χ2v) is 7.47. The summed E-state index contributed by atoms with van der Waals surface area (Å²) >= 11 is 0. The van der Waals surface area contributed by atoms with Crippen LogP contribution in [0.3, 0.4) is 0 Å². The van der Waals surface area contributed by atoms with Gasteiger partial charge in [-0.3, -0.25) is 9.59 Å². The average Bonchev–Trinajstić information content (AvgIpc) is 2.56. The van der Waals surface area contributed by atoms with E-state index < -0.39 is 0 Å². The third kappa shape index (κ3) is 4.59. The van der Waals surface area contributed by atoms with Crippen LogP contribution in [0.4, 0.5) is 4.39 Å². The summed E-state index contributed by atoms with van der Waals surface area (Å²) in [6.07, 6.45) is 5.96. The standard InChI is InChI=1S/C20H27FN2O2/c1-2-3-14-11-20(25)23-18-12-16(8-9-17(14)18)22-19(24)10-13-4-6-15(21)7-5-13/h4-7,14,16-18H,2-3,8-12H2,1H3,(H,22,24)(H,23,25). The number of nitrogens with one attached hydrogen (secondary N) is 2. The normalized spacial score (nSPS) is 28.8. The summed E-state index contributed by atoms with van der Waals surface area (Å²) in [5.74, 6) is 0.847. The van der Waals surface area contributed by atoms with Crippen LogP contribution in [0.25, 0.3) is 0 Å². The molecule has 1 aliphatic carbocycles. The molecule has 4 atom stereocenters. The van der Waals surface area contributed by atoms with Crippen LogP contribution in [0.2, 0.25) is 0 Å². The van der Waals surface area contributed by atoms with Gasteiger partial charge in [-0.2, -0.15) is 0 Å². The molecule has 2 amide bonds. The Hall–Kier alpha value is -1.91. The van der Waals surface area contributed by atoms with Crippen molar-refractivity contribution in [1.29, 1.82) is 0 Å². The van der Waals surface area contributed by atoms with E-state index in [1.165, 1.54) is 12.1 Å². The molecule has 1 aliphatic heterocycles. The number of carbonyl (C=O) groups excluding carboxylic acids is 2. The first-order chi connectivity index (χ1) is 12.0. The summed E-state index contributed by atoms with van der Waals surface area (Å²) in [6.45, 7) is 2.17. The van der Waals surface area contributed by atoms with E-state index in [4.69, 9.17) is 0 Å². The quantitative estimate of drug-likeness (QED) is 0.861. The van der Waals surface area contributed by atoms with Gasteiger partial charge in [0.2, 0.25) is 11.8 Å². The van der Waals surface area contributed by atoms with Crippen LogP contribution >= 0.6 is 0 Å². The van der Waals surface area contributed by atoms with Crippen LogP contribution < -0.4 is 10.6 Å². The molecule has 0 bridgehead atoms. The van der Waals surface area contributed by atoms with Crippen molar-refractivity contribution < 1.29 is 14.0 Å². The highest BCUT2D eigenvalue weighted by atomic mass is 19.1. The Morgan fingerprint density at radius 2 is 2.04 bits per heavy atom. The number of piperidine rings is 1. The Kier molecular flexibility index (Phi) is 5.71. The minimum Gasteiger partial charge on any atom is -0.353 e. The van der Waals surface area contributed by atoms with E-state index in [2.05, 4.69) is 17.6 Å². The molecule has 1 heterocycles. The lowest BCUT2D eigenvalue weighted by molar-refractivity contribution is -0.127. The highest BCUT2D eigenvalue weighted by molar-refractivity contribution is 5.79. The van der Waals surface area contributed by atoms with E-state index in [0.717, 1.165) is 37.7 Å². The molecular weight excluding hydrogens is 319 g/mol. The molecule has 1 saturated carbocycles. The SMILES string of the molecule is CCCC1CC(=O)NC2CC(NC(=O)Cc3ccc(F)cc3)CCC12. The molecule has 1 aromatic carbocycles. The van der Waals surface area contributed by atoms with E-state index in [-0.39, 0.29) is 36.1 Å². The molecule has 136 valence electrons. The van der Waals surface area contributed by atoms with Gasteiger partial charge >= 0.3 is 0 Å². The van der Waals surface area contributed by atoms with Gasteiger partial charge in [-0.05, 0) is 55.2 Å². The molecule has 1 aromatic rings. The smallest absolute Gasteiger partial charge is 0.224 e. The van der Waals surface area contributed by atoms with Crippen molar-refractivity contribution in [3.63, 3.8) is 0 Å². The molecule has 2 N–H and O–H groups in total. The highest BCUT2D eigenvalue weighted by Gasteiger charge is 2.40. The van der Waals surface area contributed by atoms with Crippen LogP contribution in [0, 0.1) is 17.7 Å². The maximum absolute atomic E-state index is 12.9. The Balaban J connectivity index is 1.54. The number of fused-ring (bicyclic) bond motifs is 1. The summed E-state index contributed by atoms with van der Waals surface area (Å²) in [7, 11) is 0. The summed E-state index contributed by atoms with van der Waals surface area (Å²) in [6, 6.07) is 6.32. The molecule has 4 nitrogen and oxygen atoms in total. The molecule has 2 aliphatic rings. The topological polar surface area (TPSA) is 58.2 Å². The largest absolute Gasteiger partial charge is 0.353 e. The van der Waals surface area contributed by atoms with Crippen molar-refractivity contribution in [3.05, 3.63) is 35.6 Å². The number of carbonyl (C=O) groups is 2. The maximum Gasteiger partial charge on any atom is 0.224 e. The Morgan fingerprint density at radius 3 is 2.76 bits per heavy atom. The first-order valence-corrected chi connectivity index (χ1v) is 9.38. The minimum atomic E-state index is -0.294. The molecule has 0 radical (unpaired) electrons. The van der Waals surface area contributed by atoms with Crippen molar-refractivity contribution in [2.75, 3.05) is 0 Å². The predicted molar refractivity (Wildman–Crippen MR) is 94.3 cm³/mol. The second kappa shape index (κ2) is 7.98. The first-order valence-electron chi connectivity index (χ1n) is 9.38. The van der Waals surface area contributed by atoms with E-state index in [1.54, 1.807) is 12.1 Å². The molecule has 25 heavy (non-hydrogen) atoms. The molecule has 2 fully saturated rings. The third-order valence-corrected chi connectivity index (χ3v) is 5.61. The van der Waals surface area contributed by atoms with E-state index in [9.17, 15) is 14.0 Å². The lowest BCUT2D eigenvalue weighted by Crippen LogP contribution is -2.55. The van der Waals surface area contributed by atoms with Gasteiger partial charge in [-0.25, -0.2) is 4.39 Å². The van der Waals surface area contributed by atoms with Gasteiger partial charge in [0.05, 0.1) is 6.42 Å².